The highest BCUT2D eigenvalue weighted by molar-refractivity contribution is 6.27. The van der Waals surface area contributed by atoms with Gasteiger partial charge in [-0.25, -0.2) is 4.98 Å². The minimum atomic E-state index is 0.951. The fraction of sp³-hybridized carbons (Fsp3) is 0. The molecule has 0 saturated carbocycles. The van der Waals surface area contributed by atoms with E-state index in [-0.39, 0.29) is 0 Å². The largest absolute Gasteiger partial charge is 0.264 e. The van der Waals surface area contributed by atoms with Gasteiger partial charge in [0.2, 0.25) is 0 Å². The van der Waals surface area contributed by atoms with Gasteiger partial charge < -0.3 is 0 Å². The molecule has 0 aliphatic rings. The van der Waals surface area contributed by atoms with E-state index in [1.165, 1.54) is 5.56 Å². The van der Waals surface area contributed by atoms with Crippen molar-refractivity contribution in [3.05, 3.63) is 189 Å². The Morgan fingerprint density at radius 3 is 1.56 bits per heavy atom. The van der Waals surface area contributed by atoms with Gasteiger partial charge in [-0.05, 0) is 90.6 Å². The molecule has 0 saturated heterocycles. The molecule has 3 nitrogen and oxygen atoms in total. The zero-order valence-electron chi connectivity index (χ0n) is 29.5. The Morgan fingerprint density at radius 2 is 0.981 bits per heavy atom. The summed E-state index contributed by atoms with van der Waals surface area (Å²) >= 11 is 0. The number of pyridine rings is 3. The lowest BCUT2D eigenvalue weighted by atomic mass is 9.84. The van der Waals surface area contributed by atoms with E-state index in [1.807, 2.05) is 49.1 Å². The number of nitrogens with zero attached hydrogens (tertiary/aromatic N) is 3. The number of fused-ring (bicyclic) bond motifs is 7. The van der Waals surface area contributed by atoms with E-state index in [4.69, 9.17) is 4.98 Å². The van der Waals surface area contributed by atoms with Gasteiger partial charge in [-0.2, -0.15) is 0 Å². The Labute approximate surface area is 313 Å². The second-order valence-electron chi connectivity index (χ2n) is 13.7. The van der Waals surface area contributed by atoms with Gasteiger partial charge in [0.1, 0.15) is 0 Å². The average Bonchev–Trinajstić information content (AvgIpc) is 3.25. The molecule has 3 heterocycles. The van der Waals surface area contributed by atoms with Crippen molar-refractivity contribution in [2.24, 2.45) is 0 Å². The van der Waals surface area contributed by atoms with Crippen molar-refractivity contribution in [1.29, 1.82) is 0 Å². The molecule has 252 valence electrons. The SMILES string of the molecule is C=Cc1ccc2c(-c3c4ccccc4c(-c4cc(-c5cccnc5)cc(-c5cccnc5)c4)c4ccccc34)nc3c4ccccc4ccc3c2c1C=C. The van der Waals surface area contributed by atoms with E-state index >= 15 is 0 Å². The normalized spacial score (nSPS) is 11.5. The van der Waals surface area contributed by atoms with Crippen LogP contribution in [0.2, 0.25) is 0 Å². The molecule has 10 rings (SSSR count). The van der Waals surface area contributed by atoms with Crippen molar-refractivity contribution in [2.75, 3.05) is 0 Å². The van der Waals surface area contributed by atoms with Crippen LogP contribution in [0, 0.1) is 0 Å². The number of rotatable bonds is 6. The summed E-state index contributed by atoms with van der Waals surface area (Å²) in [5.41, 5.74) is 11.8. The molecule has 7 aromatic carbocycles. The zero-order valence-corrected chi connectivity index (χ0v) is 29.5. The molecule has 3 aromatic heterocycles. The Bertz CT molecular complexity index is 3010. The number of hydrogen-bond acceptors (Lipinski definition) is 3. The average molecular weight is 688 g/mol. The van der Waals surface area contributed by atoms with Crippen LogP contribution >= 0.6 is 0 Å². The highest BCUT2D eigenvalue weighted by atomic mass is 14.7. The molecule has 0 spiro atoms. The lowest BCUT2D eigenvalue weighted by molar-refractivity contribution is 1.32. The van der Waals surface area contributed by atoms with Gasteiger partial charge in [-0.1, -0.05) is 135 Å². The fourth-order valence-corrected chi connectivity index (χ4v) is 8.33. The van der Waals surface area contributed by atoms with E-state index in [9.17, 15) is 0 Å². The van der Waals surface area contributed by atoms with E-state index in [2.05, 4.69) is 151 Å². The minimum absolute atomic E-state index is 0.951. The molecular formula is C51H33N3. The molecule has 0 radical (unpaired) electrons. The lowest BCUT2D eigenvalue weighted by Gasteiger charge is -2.21. The van der Waals surface area contributed by atoms with Gasteiger partial charge in [0, 0.05) is 63.0 Å². The molecule has 0 N–H and O–H groups in total. The summed E-state index contributed by atoms with van der Waals surface area (Å²) in [6.45, 7) is 8.45. The molecule has 0 aliphatic carbocycles. The summed E-state index contributed by atoms with van der Waals surface area (Å²) < 4.78 is 0. The van der Waals surface area contributed by atoms with Crippen LogP contribution in [0.4, 0.5) is 0 Å². The van der Waals surface area contributed by atoms with Crippen molar-refractivity contribution in [3.63, 3.8) is 0 Å². The third kappa shape index (κ3) is 4.94. The summed E-state index contributed by atoms with van der Waals surface area (Å²) in [6.07, 6.45) is 11.4. The molecule has 0 unspecified atom stereocenters. The molecule has 0 amide bonds. The van der Waals surface area contributed by atoms with Crippen LogP contribution in [0.1, 0.15) is 11.1 Å². The van der Waals surface area contributed by atoms with Crippen molar-refractivity contribution >= 4 is 66.1 Å². The third-order valence-electron chi connectivity index (χ3n) is 10.7. The number of hydrogen-bond donors (Lipinski definition) is 0. The van der Waals surface area contributed by atoms with Crippen LogP contribution in [-0.4, -0.2) is 15.0 Å². The minimum Gasteiger partial charge on any atom is -0.264 e. The van der Waals surface area contributed by atoms with Gasteiger partial charge in [0.15, 0.2) is 0 Å². The summed E-state index contributed by atoms with van der Waals surface area (Å²) in [4.78, 5) is 14.6. The highest BCUT2D eigenvalue weighted by Crippen LogP contribution is 2.48. The topological polar surface area (TPSA) is 38.7 Å². The first-order valence-corrected chi connectivity index (χ1v) is 18.1. The maximum absolute atomic E-state index is 5.67. The van der Waals surface area contributed by atoms with E-state index in [0.29, 0.717) is 0 Å². The van der Waals surface area contributed by atoms with Crippen LogP contribution in [0.3, 0.4) is 0 Å². The Hall–Kier alpha value is -7.23. The highest BCUT2D eigenvalue weighted by Gasteiger charge is 2.22. The van der Waals surface area contributed by atoms with Gasteiger partial charge >= 0.3 is 0 Å². The Kier molecular flexibility index (Phi) is 7.45. The van der Waals surface area contributed by atoms with Gasteiger partial charge in [0.25, 0.3) is 0 Å². The summed E-state index contributed by atoms with van der Waals surface area (Å²) in [5, 5.41) is 10.2. The second-order valence-corrected chi connectivity index (χ2v) is 13.7. The van der Waals surface area contributed by atoms with Crippen molar-refractivity contribution in [3.8, 4) is 44.6 Å². The predicted molar refractivity (Wildman–Crippen MR) is 229 cm³/mol. The maximum Gasteiger partial charge on any atom is 0.0801 e. The molecule has 0 fully saturated rings. The first-order chi connectivity index (χ1) is 26.7. The monoisotopic (exact) mass is 687 g/mol. The summed E-state index contributed by atoms with van der Waals surface area (Å²) in [5.74, 6) is 0. The Balaban J connectivity index is 1.36. The molecule has 54 heavy (non-hydrogen) atoms. The maximum atomic E-state index is 5.67. The summed E-state index contributed by atoms with van der Waals surface area (Å²) in [7, 11) is 0. The third-order valence-corrected chi connectivity index (χ3v) is 10.7. The quantitative estimate of drug-likeness (QED) is 0.129. The Morgan fingerprint density at radius 1 is 0.426 bits per heavy atom. The molecule has 0 atom stereocenters. The molecular weight excluding hydrogens is 655 g/mol. The van der Waals surface area contributed by atoms with Gasteiger partial charge in [-0.3, -0.25) is 9.97 Å². The molecule has 10 aromatic rings. The van der Waals surface area contributed by atoms with Crippen LogP contribution in [0.5, 0.6) is 0 Å². The molecule has 0 aliphatic heterocycles. The van der Waals surface area contributed by atoms with Crippen LogP contribution in [0.15, 0.2) is 177 Å². The van der Waals surface area contributed by atoms with E-state index in [0.717, 1.165) is 104 Å². The predicted octanol–water partition coefficient (Wildman–Crippen LogP) is 13.6. The second kappa shape index (κ2) is 12.8. The van der Waals surface area contributed by atoms with Crippen molar-refractivity contribution < 1.29 is 0 Å². The van der Waals surface area contributed by atoms with Crippen molar-refractivity contribution in [2.45, 2.75) is 0 Å². The molecule has 0 bridgehead atoms. The smallest absolute Gasteiger partial charge is 0.0801 e. The molecule has 3 heteroatoms. The van der Waals surface area contributed by atoms with Crippen LogP contribution < -0.4 is 0 Å². The zero-order chi connectivity index (χ0) is 36.2. The van der Waals surface area contributed by atoms with Crippen LogP contribution in [0.25, 0.3) is 111 Å². The van der Waals surface area contributed by atoms with Crippen molar-refractivity contribution in [1.82, 2.24) is 15.0 Å². The van der Waals surface area contributed by atoms with Gasteiger partial charge in [0.05, 0.1) is 11.2 Å². The standard InChI is InChI=1S/C51H33N3/c1-3-32-21-23-46-48(39(32)4-2)45-24-22-33-13-5-6-16-40(33)50(45)54-51(46)49-43-19-9-7-17-41(43)47(42-18-8-10-20-44(42)49)38-28-36(34-14-11-25-52-30-34)27-37(29-38)35-15-12-26-53-31-35/h3-31H,1-2H2. The number of aromatic nitrogens is 3. The van der Waals surface area contributed by atoms with E-state index in [1.54, 1.807) is 0 Å². The van der Waals surface area contributed by atoms with E-state index < -0.39 is 0 Å². The summed E-state index contributed by atoms with van der Waals surface area (Å²) in [6, 6.07) is 49.9. The van der Waals surface area contributed by atoms with Crippen LogP contribution in [-0.2, 0) is 0 Å². The fourth-order valence-electron chi connectivity index (χ4n) is 8.33. The lowest BCUT2D eigenvalue weighted by Crippen LogP contribution is -1.97. The first-order valence-electron chi connectivity index (χ1n) is 18.1. The number of benzene rings is 7. The first kappa shape index (κ1) is 31.5. The van der Waals surface area contributed by atoms with Gasteiger partial charge in [-0.15, -0.1) is 0 Å².